The van der Waals surface area contributed by atoms with E-state index in [9.17, 15) is 4.79 Å². The summed E-state index contributed by atoms with van der Waals surface area (Å²) in [6, 6.07) is 3.92. The third-order valence-electron chi connectivity index (χ3n) is 2.42. The van der Waals surface area contributed by atoms with Gasteiger partial charge in [-0.15, -0.1) is 0 Å². The van der Waals surface area contributed by atoms with E-state index in [4.69, 9.17) is 5.11 Å². The Morgan fingerprint density at radius 2 is 2.29 bits per heavy atom. The predicted octanol–water partition coefficient (Wildman–Crippen LogP) is 1.67. The zero-order chi connectivity index (χ0) is 12.7. The Hall–Kier alpha value is -1.42. The molecule has 94 valence electrons. The quantitative estimate of drug-likeness (QED) is 0.782. The molecule has 0 aliphatic heterocycles. The number of pyridine rings is 1. The van der Waals surface area contributed by atoms with Crippen molar-refractivity contribution < 1.29 is 9.90 Å². The monoisotopic (exact) mass is 236 g/mol. The molecule has 0 saturated carbocycles. The van der Waals surface area contributed by atoms with Gasteiger partial charge in [-0.2, -0.15) is 0 Å². The van der Waals surface area contributed by atoms with E-state index in [1.54, 1.807) is 6.20 Å². The highest BCUT2D eigenvalue weighted by Crippen LogP contribution is 2.03. The number of hydrogen-bond acceptors (Lipinski definition) is 3. The molecule has 1 N–H and O–H groups in total. The molecular weight excluding hydrogens is 216 g/mol. The van der Waals surface area contributed by atoms with Crippen LogP contribution in [0.25, 0.3) is 0 Å². The molecule has 0 fully saturated rings. The summed E-state index contributed by atoms with van der Waals surface area (Å²) in [5, 5.41) is 8.84. The van der Waals surface area contributed by atoms with Gasteiger partial charge in [0.2, 0.25) is 0 Å². The SMILES string of the molecule is CC(C)CN(CCc1cccnc1)CC(=O)O. The second kappa shape index (κ2) is 7.01. The van der Waals surface area contributed by atoms with Gasteiger partial charge in [0, 0.05) is 25.5 Å². The molecule has 1 aromatic rings. The second-order valence-corrected chi connectivity index (χ2v) is 4.63. The summed E-state index contributed by atoms with van der Waals surface area (Å²) in [4.78, 5) is 16.8. The van der Waals surface area contributed by atoms with Crippen LogP contribution in [0.5, 0.6) is 0 Å². The number of aliphatic carboxylic acids is 1. The lowest BCUT2D eigenvalue weighted by Gasteiger charge is -2.22. The van der Waals surface area contributed by atoms with Crippen LogP contribution in [-0.4, -0.2) is 40.6 Å². The maximum Gasteiger partial charge on any atom is 0.317 e. The van der Waals surface area contributed by atoms with Crippen LogP contribution in [0.4, 0.5) is 0 Å². The lowest BCUT2D eigenvalue weighted by molar-refractivity contribution is -0.138. The Bertz CT molecular complexity index is 339. The van der Waals surface area contributed by atoms with Crippen molar-refractivity contribution in [3.05, 3.63) is 30.1 Å². The third kappa shape index (κ3) is 6.02. The highest BCUT2D eigenvalue weighted by atomic mass is 16.4. The molecule has 1 aromatic heterocycles. The minimum absolute atomic E-state index is 0.110. The molecule has 0 saturated heterocycles. The van der Waals surface area contributed by atoms with Gasteiger partial charge in [-0.25, -0.2) is 0 Å². The van der Waals surface area contributed by atoms with Crippen molar-refractivity contribution in [2.24, 2.45) is 5.92 Å². The van der Waals surface area contributed by atoms with E-state index in [-0.39, 0.29) is 6.54 Å². The number of carbonyl (C=O) groups is 1. The molecule has 0 atom stereocenters. The summed E-state index contributed by atoms with van der Waals surface area (Å²) < 4.78 is 0. The lowest BCUT2D eigenvalue weighted by Crippen LogP contribution is -2.34. The van der Waals surface area contributed by atoms with Crippen LogP contribution >= 0.6 is 0 Å². The normalized spacial score (nSPS) is 11.1. The van der Waals surface area contributed by atoms with Crippen LogP contribution in [-0.2, 0) is 11.2 Å². The van der Waals surface area contributed by atoms with Crippen LogP contribution in [0, 0.1) is 5.92 Å². The van der Waals surface area contributed by atoms with Gasteiger partial charge in [0.25, 0.3) is 0 Å². The number of hydrogen-bond donors (Lipinski definition) is 1. The maximum atomic E-state index is 10.7. The van der Waals surface area contributed by atoms with Crippen molar-refractivity contribution in [1.29, 1.82) is 0 Å². The minimum Gasteiger partial charge on any atom is -0.480 e. The van der Waals surface area contributed by atoms with E-state index in [0.717, 1.165) is 25.1 Å². The van der Waals surface area contributed by atoms with Crippen LogP contribution in [0.15, 0.2) is 24.5 Å². The molecule has 0 aromatic carbocycles. The Labute approximate surface area is 102 Å². The average Bonchev–Trinajstić information content (AvgIpc) is 2.26. The van der Waals surface area contributed by atoms with Crippen molar-refractivity contribution in [2.45, 2.75) is 20.3 Å². The van der Waals surface area contributed by atoms with E-state index >= 15 is 0 Å². The molecule has 0 unspecified atom stereocenters. The van der Waals surface area contributed by atoms with Gasteiger partial charge in [-0.05, 0) is 24.0 Å². The first kappa shape index (κ1) is 13.6. The van der Waals surface area contributed by atoms with Gasteiger partial charge in [-0.1, -0.05) is 19.9 Å². The molecule has 4 heteroatoms. The fourth-order valence-electron chi connectivity index (χ4n) is 1.78. The molecule has 1 rings (SSSR count). The van der Waals surface area contributed by atoms with Gasteiger partial charge < -0.3 is 5.11 Å². The predicted molar refractivity (Wildman–Crippen MR) is 66.9 cm³/mol. The topological polar surface area (TPSA) is 53.4 Å². The second-order valence-electron chi connectivity index (χ2n) is 4.63. The molecule has 0 bridgehead atoms. The zero-order valence-corrected chi connectivity index (χ0v) is 10.5. The largest absolute Gasteiger partial charge is 0.480 e. The fraction of sp³-hybridized carbons (Fsp3) is 0.538. The molecule has 4 nitrogen and oxygen atoms in total. The van der Waals surface area contributed by atoms with Crippen molar-refractivity contribution in [3.8, 4) is 0 Å². The van der Waals surface area contributed by atoms with Gasteiger partial charge in [0.15, 0.2) is 0 Å². The van der Waals surface area contributed by atoms with E-state index in [0.29, 0.717) is 5.92 Å². The minimum atomic E-state index is -0.767. The Morgan fingerprint density at radius 3 is 2.82 bits per heavy atom. The van der Waals surface area contributed by atoms with Crippen LogP contribution in [0.1, 0.15) is 19.4 Å². The van der Waals surface area contributed by atoms with Gasteiger partial charge in [0.1, 0.15) is 0 Å². The summed E-state index contributed by atoms with van der Waals surface area (Å²) in [6.45, 7) is 5.87. The number of rotatable bonds is 7. The fourth-order valence-corrected chi connectivity index (χ4v) is 1.78. The molecular formula is C13H20N2O2. The van der Waals surface area contributed by atoms with Crippen molar-refractivity contribution in [2.75, 3.05) is 19.6 Å². The van der Waals surface area contributed by atoms with Crippen molar-refractivity contribution in [3.63, 3.8) is 0 Å². The van der Waals surface area contributed by atoms with Gasteiger partial charge in [-0.3, -0.25) is 14.7 Å². The molecule has 0 radical (unpaired) electrons. The standard InChI is InChI=1S/C13H20N2O2/c1-11(2)9-15(10-13(16)17)7-5-12-4-3-6-14-8-12/h3-4,6,8,11H,5,7,9-10H2,1-2H3,(H,16,17). The first-order chi connectivity index (χ1) is 8.08. The molecule has 0 amide bonds. The summed E-state index contributed by atoms with van der Waals surface area (Å²) in [6.07, 6.45) is 4.41. The van der Waals surface area contributed by atoms with Crippen LogP contribution in [0.3, 0.4) is 0 Å². The third-order valence-corrected chi connectivity index (χ3v) is 2.42. The molecule has 0 aliphatic rings. The Balaban J connectivity index is 2.45. The van der Waals surface area contributed by atoms with Crippen molar-refractivity contribution in [1.82, 2.24) is 9.88 Å². The summed E-state index contributed by atoms with van der Waals surface area (Å²) >= 11 is 0. The lowest BCUT2D eigenvalue weighted by atomic mass is 10.1. The number of carboxylic acid groups (broad SMARTS) is 1. The molecule has 17 heavy (non-hydrogen) atoms. The van der Waals surface area contributed by atoms with Crippen LogP contribution < -0.4 is 0 Å². The summed E-state index contributed by atoms with van der Waals surface area (Å²) in [7, 11) is 0. The molecule has 0 spiro atoms. The smallest absolute Gasteiger partial charge is 0.317 e. The summed E-state index contributed by atoms with van der Waals surface area (Å²) in [5.74, 6) is -0.292. The zero-order valence-electron chi connectivity index (χ0n) is 10.5. The highest BCUT2D eigenvalue weighted by molar-refractivity contribution is 5.69. The Morgan fingerprint density at radius 1 is 1.53 bits per heavy atom. The Kier molecular flexibility index (Phi) is 5.63. The molecule has 0 aliphatic carbocycles. The average molecular weight is 236 g/mol. The highest BCUT2D eigenvalue weighted by Gasteiger charge is 2.11. The van der Waals surface area contributed by atoms with Crippen molar-refractivity contribution >= 4 is 5.97 Å². The maximum absolute atomic E-state index is 10.7. The first-order valence-corrected chi connectivity index (χ1v) is 5.91. The number of nitrogens with zero attached hydrogens (tertiary/aromatic N) is 2. The number of carboxylic acids is 1. The van der Waals surface area contributed by atoms with E-state index in [2.05, 4.69) is 18.8 Å². The molecule has 1 heterocycles. The number of aromatic nitrogens is 1. The first-order valence-electron chi connectivity index (χ1n) is 5.91. The van der Waals surface area contributed by atoms with Crippen LogP contribution in [0.2, 0.25) is 0 Å². The summed E-state index contributed by atoms with van der Waals surface area (Å²) in [5.41, 5.74) is 1.15. The van der Waals surface area contributed by atoms with E-state index in [1.807, 2.05) is 23.2 Å². The van der Waals surface area contributed by atoms with E-state index < -0.39 is 5.97 Å². The van der Waals surface area contributed by atoms with Gasteiger partial charge >= 0.3 is 5.97 Å². The van der Waals surface area contributed by atoms with E-state index in [1.165, 1.54) is 0 Å². The van der Waals surface area contributed by atoms with Gasteiger partial charge in [0.05, 0.1) is 6.54 Å².